The Labute approximate surface area is 448 Å². The maximum atomic E-state index is 12.3. The number of benzene rings is 2. The smallest absolute Gasteiger partial charge is 0.410 e. The van der Waals surface area contributed by atoms with Crippen LogP contribution in [0.15, 0.2) is 82.2 Å². The number of carbonyl (C=O) groups is 4. The molecule has 22 heteroatoms. The van der Waals surface area contributed by atoms with Crippen LogP contribution in [0, 0.1) is 11.8 Å². The van der Waals surface area contributed by atoms with Crippen LogP contribution in [0.3, 0.4) is 0 Å². The van der Waals surface area contributed by atoms with Gasteiger partial charge in [0.25, 0.3) is 0 Å². The average Bonchev–Trinajstić information content (AvgIpc) is 4.47. The lowest BCUT2D eigenvalue weighted by Gasteiger charge is -2.39. The normalized spacial score (nSPS) is 15.7. The van der Waals surface area contributed by atoms with E-state index in [1.54, 1.807) is 48.7 Å². The molecule has 0 spiro atoms. The van der Waals surface area contributed by atoms with Crippen LogP contribution in [0.1, 0.15) is 67.2 Å². The third-order valence-corrected chi connectivity index (χ3v) is 13.2. The van der Waals surface area contributed by atoms with Gasteiger partial charge in [-0.1, -0.05) is 0 Å². The minimum Gasteiger partial charge on any atom is -0.487 e. The predicted molar refractivity (Wildman–Crippen MR) is 291 cm³/mol. The Balaban J connectivity index is 0.000000165. The van der Waals surface area contributed by atoms with Gasteiger partial charge < -0.3 is 58.8 Å². The van der Waals surface area contributed by atoms with Crippen LogP contribution in [0.2, 0.25) is 0 Å². The summed E-state index contributed by atoms with van der Waals surface area (Å²) >= 11 is 0. The van der Waals surface area contributed by atoms with Gasteiger partial charge in [-0.25, -0.2) is 39.5 Å². The van der Waals surface area contributed by atoms with E-state index in [-0.39, 0.29) is 48.0 Å². The number of rotatable bonds is 12. The molecule has 404 valence electrons. The molecule has 6 aromatic heterocycles. The number of fused-ring (bicyclic) bond motifs is 4. The third kappa shape index (κ3) is 11.3. The number of likely N-dealkylation sites (tertiary alicyclic amines) is 2. The molecule has 0 bridgehead atoms. The molecule has 22 nitrogen and oxygen atoms in total. The standard InChI is InChI=1S/2C28H30N6O5/c2*1-28(2,3)39-27(36)34-13-17(14-34)37-16-7-8-22-21(9-16)32-26(38-22)20-12-31-24(29-4)19-11-30-23(10-18(19)20)33-25(35)15-5-6-15/h2*7-12,15,17H,5-6,13-14H2,1-4H3,(H,29,31)(H,30,33,35). The summed E-state index contributed by atoms with van der Waals surface area (Å²) in [6, 6.07) is 14.6. The van der Waals surface area contributed by atoms with Crippen molar-refractivity contribution in [1.29, 1.82) is 0 Å². The summed E-state index contributed by atoms with van der Waals surface area (Å²) in [5.74, 6) is 4.45. The maximum Gasteiger partial charge on any atom is 0.410 e. The van der Waals surface area contributed by atoms with Gasteiger partial charge in [0.2, 0.25) is 23.6 Å². The first-order valence-electron chi connectivity index (χ1n) is 26.0. The van der Waals surface area contributed by atoms with Crippen LogP contribution in [0.4, 0.5) is 32.9 Å². The van der Waals surface area contributed by atoms with Gasteiger partial charge in [0.05, 0.1) is 37.3 Å². The molecule has 78 heavy (non-hydrogen) atoms. The molecule has 2 aliphatic heterocycles. The molecule has 4 amide bonds. The van der Waals surface area contributed by atoms with Crippen molar-refractivity contribution in [3.63, 3.8) is 0 Å². The Kier molecular flexibility index (Phi) is 13.3. The van der Waals surface area contributed by atoms with Crippen LogP contribution in [0.5, 0.6) is 11.5 Å². The van der Waals surface area contributed by atoms with Gasteiger partial charge in [-0.05, 0) is 104 Å². The summed E-state index contributed by atoms with van der Waals surface area (Å²) in [5.41, 5.74) is 2.76. The molecule has 8 aromatic rings. The van der Waals surface area contributed by atoms with E-state index >= 15 is 0 Å². The van der Waals surface area contributed by atoms with Crippen molar-refractivity contribution < 1.29 is 47.0 Å². The molecule has 0 radical (unpaired) electrons. The summed E-state index contributed by atoms with van der Waals surface area (Å²) in [6.07, 6.45) is 9.49. The number of aromatic nitrogens is 6. The molecule has 2 aliphatic carbocycles. The maximum absolute atomic E-state index is 12.3. The van der Waals surface area contributed by atoms with Crippen molar-refractivity contribution >= 4 is 91.0 Å². The second kappa shape index (κ2) is 20.3. The van der Waals surface area contributed by atoms with E-state index in [2.05, 4.69) is 41.2 Å². The lowest BCUT2D eigenvalue weighted by atomic mass is 10.1. The molecule has 4 aliphatic rings. The number of anilines is 4. The van der Waals surface area contributed by atoms with Crippen LogP contribution >= 0.6 is 0 Å². The van der Waals surface area contributed by atoms with Gasteiger partial charge in [0, 0.05) is 84.4 Å². The number of pyridine rings is 4. The second-order valence-corrected chi connectivity index (χ2v) is 21.8. The van der Waals surface area contributed by atoms with Crippen LogP contribution < -0.4 is 30.7 Å². The highest BCUT2D eigenvalue weighted by atomic mass is 16.6. The van der Waals surface area contributed by atoms with Crippen molar-refractivity contribution in [2.45, 2.75) is 90.6 Å². The zero-order valence-electron chi connectivity index (χ0n) is 44.6. The fraction of sp³-hybridized carbons (Fsp3) is 0.393. The molecule has 2 aromatic carbocycles. The third-order valence-electron chi connectivity index (χ3n) is 13.2. The van der Waals surface area contributed by atoms with Gasteiger partial charge in [-0.2, -0.15) is 0 Å². The minimum atomic E-state index is -0.532. The number of hydrogen-bond acceptors (Lipinski definition) is 18. The molecule has 8 heterocycles. The van der Waals surface area contributed by atoms with Gasteiger partial charge in [0.1, 0.15) is 69.2 Å². The Morgan fingerprint density at radius 2 is 0.936 bits per heavy atom. The Morgan fingerprint density at radius 3 is 1.29 bits per heavy atom. The number of nitrogens with one attached hydrogen (secondary N) is 4. The van der Waals surface area contributed by atoms with E-state index in [0.717, 1.165) is 47.2 Å². The lowest BCUT2D eigenvalue weighted by Crippen LogP contribution is -2.57. The van der Waals surface area contributed by atoms with Crippen molar-refractivity contribution in [3.05, 3.63) is 73.3 Å². The summed E-state index contributed by atoms with van der Waals surface area (Å²) < 4.78 is 35.1. The molecule has 12 rings (SSSR count). The van der Waals surface area contributed by atoms with E-state index in [1.807, 2.05) is 90.1 Å². The molecular formula is C56H60N12O10. The first-order valence-corrected chi connectivity index (χ1v) is 26.0. The van der Waals surface area contributed by atoms with Crippen LogP contribution in [0.25, 0.3) is 66.7 Å². The topological polar surface area (TPSA) is 263 Å². The van der Waals surface area contributed by atoms with Crippen molar-refractivity contribution in [2.24, 2.45) is 11.8 Å². The van der Waals surface area contributed by atoms with Gasteiger partial charge in [-0.15, -0.1) is 0 Å². The van der Waals surface area contributed by atoms with E-state index in [9.17, 15) is 19.2 Å². The molecule has 4 fully saturated rings. The number of nitrogens with zero attached hydrogens (tertiary/aromatic N) is 8. The highest BCUT2D eigenvalue weighted by Crippen LogP contribution is 2.38. The van der Waals surface area contributed by atoms with E-state index < -0.39 is 11.2 Å². The Bertz CT molecular complexity index is 3400. The Morgan fingerprint density at radius 1 is 0.538 bits per heavy atom. The minimum absolute atomic E-state index is 0.0126. The molecule has 4 N–H and O–H groups in total. The molecule has 0 atom stereocenters. The SMILES string of the molecule is CNc1ncc(-c2nc3cc(OC4CN(C(=O)OC(C)(C)C)C4)ccc3o2)c2cc(NC(=O)C3CC3)ncc12.CNc1ncc(-c2nc3cc(OC4CN(C(=O)OC(C)(C)C)C4)ccc3o2)c2cc(NC(=O)C3CC3)ncc12. The molecule has 2 saturated heterocycles. The monoisotopic (exact) mass is 1060 g/mol. The molecule has 2 saturated carbocycles. The fourth-order valence-corrected chi connectivity index (χ4v) is 8.85. The van der Waals surface area contributed by atoms with E-state index in [4.69, 9.17) is 37.7 Å². The number of oxazole rings is 2. The van der Waals surface area contributed by atoms with Crippen molar-refractivity contribution in [1.82, 2.24) is 39.7 Å². The summed E-state index contributed by atoms with van der Waals surface area (Å²) in [4.78, 5) is 79.5. The first kappa shape index (κ1) is 51.3. The first-order chi connectivity index (χ1) is 37.3. The average molecular weight is 1060 g/mol. The van der Waals surface area contributed by atoms with Crippen LogP contribution in [-0.2, 0) is 19.1 Å². The van der Waals surface area contributed by atoms with Crippen LogP contribution in [-0.4, -0.2) is 127 Å². The zero-order valence-corrected chi connectivity index (χ0v) is 44.6. The van der Waals surface area contributed by atoms with Gasteiger partial charge >= 0.3 is 12.2 Å². The number of ether oxygens (including phenoxy) is 4. The Hall–Kier alpha value is -8.82. The molecular weight excluding hydrogens is 1000 g/mol. The molecule has 0 unspecified atom stereocenters. The van der Waals surface area contributed by atoms with Crippen molar-refractivity contribution in [3.8, 4) is 34.4 Å². The van der Waals surface area contributed by atoms with Gasteiger partial charge in [-0.3, -0.25) is 9.59 Å². The number of hydrogen-bond donors (Lipinski definition) is 4. The largest absolute Gasteiger partial charge is 0.487 e. The van der Waals surface area contributed by atoms with Gasteiger partial charge in [0.15, 0.2) is 11.2 Å². The summed E-state index contributed by atoms with van der Waals surface area (Å²) in [7, 11) is 3.58. The number of amides is 4. The zero-order chi connectivity index (χ0) is 54.6. The highest BCUT2D eigenvalue weighted by molar-refractivity contribution is 6.05. The summed E-state index contributed by atoms with van der Waals surface area (Å²) in [5, 5.41) is 15.1. The lowest BCUT2D eigenvalue weighted by molar-refractivity contribution is -0.118. The van der Waals surface area contributed by atoms with E-state index in [0.29, 0.717) is 106 Å². The summed E-state index contributed by atoms with van der Waals surface area (Å²) in [6.45, 7) is 12.9. The second-order valence-electron chi connectivity index (χ2n) is 21.8. The van der Waals surface area contributed by atoms with E-state index in [1.165, 1.54) is 0 Å². The fourth-order valence-electron chi connectivity index (χ4n) is 8.85. The highest BCUT2D eigenvalue weighted by Gasteiger charge is 2.37. The number of carbonyl (C=O) groups excluding carboxylic acids is 4. The van der Waals surface area contributed by atoms with Crippen molar-refractivity contribution in [2.75, 3.05) is 61.5 Å². The quantitative estimate of drug-likeness (QED) is 0.0887. The predicted octanol–water partition coefficient (Wildman–Crippen LogP) is 9.65.